The lowest BCUT2D eigenvalue weighted by molar-refractivity contribution is 0.635. The van der Waals surface area contributed by atoms with Crippen molar-refractivity contribution < 1.29 is 0 Å². The van der Waals surface area contributed by atoms with Gasteiger partial charge >= 0.3 is 0 Å². The molecule has 0 bridgehead atoms. The van der Waals surface area contributed by atoms with Crippen LogP contribution in [-0.4, -0.2) is 16.5 Å². The van der Waals surface area contributed by atoms with Crippen molar-refractivity contribution in [3.8, 4) is 10.7 Å². The third kappa shape index (κ3) is 3.76. The van der Waals surface area contributed by atoms with Gasteiger partial charge < -0.3 is 5.32 Å². The lowest BCUT2D eigenvalue weighted by Crippen LogP contribution is -2.05. The minimum absolute atomic E-state index is 0.587. The van der Waals surface area contributed by atoms with Crippen LogP contribution in [0.5, 0.6) is 0 Å². The van der Waals surface area contributed by atoms with Gasteiger partial charge in [0.25, 0.3) is 0 Å². The van der Waals surface area contributed by atoms with Crippen molar-refractivity contribution in [2.45, 2.75) is 27.2 Å². The van der Waals surface area contributed by atoms with Crippen LogP contribution < -0.4 is 5.32 Å². The smallest absolute Gasteiger partial charge is 0.173 e. The zero-order valence-electron chi connectivity index (χ0n) is 11.4. The number of anilines is 1. The predicted molar refractivity (Wildman–Crippen MR) is 85.8 cm³/mol. The summed E-state index contributed by atoms with van der Waals surface area (Å²) >= 11 is 5.21. The van der Waals surface area contributed by atoms with Crippen molar-refractivity contribution in [2.75, 3.05) is 11.9 Å². The summed E-state index contributed by atoms with van der Waals surface area (Å²) in [6.07, 6.45) is 0.969. The summed E-state index contributed by atoms with van der Waals surface area (Å²) in [6, 6.07) is 4.08. The molecular weight excluding hydrogens is 322 g/mol. The zero-order valence-corrected chi connectivity index (χ0v) is 13.8. The first-order valence-corrected chi connectivity index (χ1v) is 8.12. The Labute approximate surface area is 126 Å². The second-order valence-corrected chi connectivity index (χ2v) is 6.56. The molecule has 0 aliphatic rings. The lowest BCUT2D eigenvalue weighted by atomic mass is 10.1. The van der Waals surface area contributed by atoms with Gasteiger partial charge in [-0.15, -0.1) is 11.3 Å². The van der Waals surface area contributed by atoms with Gasteiger partial charge in [0.15, 0.2) is 5.82 Å². The standard InChI is InChI=1S/C14H18BrN3S/c1-4-16-12-8-10(7-9(2)3)17-14(18-12)13-11(15)5-6-19-13/h5-6,8-9H,4,7H2,1-3H3,(H,16,17,18). The molecule has 0 saturated heterocycles. The molecular formula is C14H18BrN3S. The fourth-order valence-electron chi connectivity index (χ4n) is 1.85. The summed E-state index contributed by atoms with van der Waals surface area (Å²) in [5, 5.41) is 5.33. The SMILES string of the molecule is CCNc1cc(CC(C)C)nc(-c2sccc2Br)n1. The monoisotopic (exact) mass is 339 g/mol. The molecule has 0 aliphatic carbocycles. The van der Waals surface area contributed by atoms with Crippen LogP contribution >= 0.6 is 27.3 Å². The van der Waals surface area contributed by atoms with E-state index in [0.717, 1.165) is 39.7 Å². The molecule has 2 heterocycles. The Kier molecular flexibility index (Phi) is 4.93. The average Bonchev–Trinajstić information content (AvgIpc) is 2.74. The molecule has 3 nitrogen and oxygen atoms in total. The van der Waals surface area contributed by atoms with E-state index in [2.05, 4.69) is 58.1 Å². The van der Waals surface area contributed by atoms with E-state index >= 15 is 0 Å². The van der Waals surface area contributed by atoms with Gasteiger partial charge in [0.1, 0.15) is 5.82 Å². The van der Waals surface area contributed by atoms with Crippen molar-refractivity contribution in [3.63, 3.8) is 0 Å². The number of hydrogen-bond donors (Lipinski definition) is 1. The molecule has 19 heavy (non-hydrogen) atoms. The van der Waals surface area contributed by atoms with E-state index in [1.807, 2.05) is 11.4 Å². The summed E-state index contributed by atoms with van der Waals surface area (Å²) in [5.74, 6) is 2.29. The molecule has 102 valence electrons. The molecule has 0 spiro atoms. The first-order chi connectivity index (χ1) is 9.10. The Morgan fingerprint density at radius 2 is 2.16 bits per heavy atom. The number of halogens is 1. The van der Waals surface area contributed by atoms with E-state index in [9.17, 15) is 0 Å². The van der Waals surface area contributed by atoms with E-state index < -0.39 is 0 Å². The van der Waals surface area contributed by atoms with E-state index in [-0.39, 0.29) is 0 Å². The molecule has 0 aliphatic heterocycles. The highest BCUT2D eigenvalue weighted by atomic mass is 79.9. The van der Waals surface area contributed by atoms with Gasteiger partial charge in [-0.1, -0.05) is 13.8 Å². The van der Waals surface area contributed by atoms with Gasteiger partial charge in [0, 0.05) is 22.8 Å². The minimum atomic E-state index is 0.587. The van der Waals surface area contributed by atoms with Gasteiger partial charge in [0.05, 0.1) is 4.88 Å². The fraction of sp³-hybridized carbons (Fsp3) is 0.429. The molecule has 2 aromatic rings. The van der Waals surface area contributed by atoms with Crippen molar-refractivity contribution in [3.05, 3.63) is 27.7 Å². The second-order valence-electron chi connectivity index (χ2n) is 4.79. The summed E-state index contributed by atoms with van der Waals surface area (Å²) in [6.45, 7) is 7.35. The average molecular weight is 340 g/mol. The lowest BCUT2D eigenvalue weighted by Gasteiger charge is -2.10. The van der Waals surface area contributed by atoms with Crippen LogP contribution in [0, 0.1) is 5.92 Å². The van der Waals surface area contributed by atoms with Crippen LogP contribution in [0.2, 0.25) is 0 Å². The molecule has 0 saturated carbocycles. The van der Waals surface area contributed by atoms with E-state index in [1.54, 1.807) is 11.3 Å². The van der Waals surface area contributed by atoms with Crippen molar-refractivity contribution in [1.82, 2.24) is 9.97 Å². The Hall–Kier alpha value is -0.940. The number of nitrogens with zero attached hydrogens (tertiary/aromatic N) is 2. The summed E-state index contributed by atoms with van der Waals surface area (Å²) < 4.78 is 1.06. The Bertz CT molecular complexity index is 551. The maximum absolute atomic E-state index is 4.69. The molecule has 0 atom stereocenters. The Morgan fingerprint density at radius 3 is 2.74 bits per heavy atom. The highest BCUT2D eigenvalue weighted by Gasteiger charge is 2.11. The quantitative estimate of drug-likeness (QED) is 0.864. The van der Waals surface area contributed by atoms with Crippen molar-refractivity contribution in [2.24, 2.45) is 5.92 Å². The first-order valence-electron chi connectivity index (χ1n) is 6.45. The number of hydrogen-bond acceptors (Lipinski definition) is 4. The van der Waals surface area contributed by atoms with Gasteiger partial charge in [-0.25, -0.2) is 9.97 Å². The van der Waals surface area contributed by atoms with Crippen LogP contribution in [0.3, 0.4) is 0 Å². The highest BCUT2D eigenvalue weighted by molar-refractivity contribution is 9.10. The van der Waals surface area contributed by atoms with Gasteiger partial charge in [-0.3, -0.25) is 0 Å². The third-order valence-electron chi connectivity index (χ3n) is 2.57. The molecule has 0 amide bonds. The summed E-state index contributed by atoms with van der Waals surface area (Å²) in [7, 11) is 0. The highest BCUT2D eigenvalue weighted by Crippen LogP contribution is 2.32. The second kappa shape index (κ2) is 6.48. The summed E-state index contributed by atoms with van der Waals surface area (Å²) in [5.41, 5.74) is 1.09. The number of rotatable bonds is 5. The van der Waals surface area contributed by atoms with E-state index in [4.69, 9.17) is 0 Å². The fourth-order valence-corrected chi connectivity index (χ4v) is 3.33. The predicted octanol–water partition coefficient (Wildman–Crippen LogP) is 4.60. The molecule has 0 radical (unpaired) electrons. The Balaban J connectivity index is 2.42. The zero-order chi connectivity index (χ0) is 13.8. The molecule has 0 fully saturated rings. The number of nitrogens with one attached hydrogen (secondary N) is 1. The van der Waals surface area contributed by atoms with E-state index in [0.29, 0.717) is 5.92 Å². The van der Waals surface area contributed by atoms with Crippen molar-refractivity contribution >= 4 is 33.1 Å². The molecule has 1 N–H and O–H groups in total. The van der Waals surface area contributed by atoms with Crippen LogP contribution in [0.25, 0.3) is 10.7 Å². The molecule has 0 aromatic carbocycles. The third-order valence-corrected chi connectivity index (χ3v) is 4.41. The normalized spacial score (nSPS) is 11.0. The largest absolute Gasteiger partial charge is 0.370 e. The van der Waals surface area contributed by atoms with Gasteiger partial charge in [0.2, 0.25) is 0 Å². The molecule has 2 aromatic heterocycles. The molecule has 5 heteroatoms. The minimum Gasteiger partial charge on any atom is -0.370 e. The Morgan fingerprint density at radius 1 is 1.37 bits per heavy atom. The summed E-state index contributed by atoms with van der Waals surface area (Å²) in [4.78, 5) is 10.4. The van der Waals surface area contributed by atoms with E-state index in [1.165, 1.54) is 0 Å². The van der Waals surface area contributed by atoms with Crippen LogP contribution in [0.4, 0.5) is 5.82 Å². The van der Waals surface area contributed by atoms with Crippen LogP contribution in [-0.2, 0) is 6.42 Å². The van der Waals surface area contributed by atoms with Crippen molar-refractivity contribution in [1.29, 1.82) is 0 Å². The molecule has 2 rings (SSSR count). The molecule has 0 unspecified atom stereocenters. The van der Waals surface area contributed by atoms with Crippen LogP contribution in [0.15, 0.2) is 22.0 Å². The van der Waals surface area contributed by atoms with Gasteiger partial charge in [-0.2, -0.15) is 0 Å². The maximum Gasteiger partial charge on any atom is 0.173 e. The first kappa shape index (κ1) is 14.5. The number of aromatic nitrogens is 2. The van der Waals surface area contributed by atoms with Crippen LogP contribution in [0.1, 0.15) is 26.5 Å². The maximum atomic E-state index is 4.69. The topological polar surface area (TPSA) is 37.8 Å². The van der Waals surface area contributed by atoms with Gasteiger partial charge in [-0.05, 0) is 46.6 Å². The number of thiophene rings is 1.